The lowest BCUT2D eigenvalue weighted by atomic mass is 10.1. The van der Waals surface area contributed by atoms with Crippen LogP contribution in [0.2, 0.25) is 0 Å². The molecule has 1 aliphatic rings. The van der Waals surface area contributed by atoms with Gasteiger partial charge in [-0.05, 0) is 37.5 Å². The number of likely N-dealkylation sites (tertiary alicyclic amines) is 1. The van der Waals surface area contributed by atoms with Crippen LogP contribution < -0.4 is 0 Å². The molecule has 0 aromatic heterocycles. The Balaban J connectivity index is 2.22. The standard InChI is InChI=1S/C15H19Br2NO/c1-11-6-7-12(9-14(11)17)15(19)18-8-4-2-3-5-13(18)10-16/h6-7,9,13H,2-5,8,10H2,1H3. The number of hydrogen-bond donors (Lipinski definition) is 0. The molecule has 0 radical (unpaired) electrons. The van der Waals surface area contributed by atoms with Gasteiger partial charge < -0.3 is 4.90 Å². The van der Waals surface area contributed by atoms with Gasteiger partial charge in [-0.15, -0.1) is 0 Å². The van der Waals surface area contributed by atoms with Crippen molar-refractivity contribution < 1.29 is 4.79 Å². The zero-order valence-corrected chi connectivity index (χ0v) is 14.3. The molecule has 1 aliphatic heterocycles. The minimum atomic E-state index is 0.159. The van der Waals surface area contributed by atoms with Gasteiger partial charge >= 0.3 is 0 Å². The number of halogens is 2. The van der Waals surface area contributed by atoms with Crippen LogP contribution in [0.15, 0.2) is 22.7 Å². The van der Waals surface area contributed by atoms with Gasteiger partial charge in [-0.2, -0.15) is 0 Å². The fourth-order valence-electron chi connectivity index (χ4n) is 2.50. The maximum Gasteiger partial charge on any atom is 0.254 e. The number of benzene rings is 1. The molecule has 1 aromatic carbocycles. The monoisotopic (exact) mass is 387 g/mol. The molecule has 1 fully saturated rings. The Hall–Kier alpha value is -0.350. The van der Waals surface area contributed by atoms with E-state index in [1.54, 1.807) is 0 Å². The summed E-state index contributed by atoms with van der Waals surface area (Å²) in [5.41, 5.74) is 1.94. The van der Waals surface area contributed by atoms with Crippen molar-refractivity contribution in [3.05, 3.63) is 33.8 Å². The SMILES string of the molecule is Cc1ccc(C(=O)N2CCCCCC2CBr)cc1Br. The Morgan fingerprint density at radius 1 is 1.37 bits per heavy atom. The lowest BCUT2D eigenvalue weighted by molar-refractivity contribution is 0.0702. The highest BCUT2D eigenvalue weighted by Crippen LogP contribution is 2.23. The molecule has 0 spiro atoms. The maximum atomic E-state index is 12.7. The number of hydrogen-bond acceptors (Lipinski definition) is 1. The first-order valence-electron chi connectivity index (χ1n) is 6.76. The molecule has 0 saturated carbocycles. The van der Waals surface area contributed by atoms with E-state index in [2.05, 4.69) is 31.9 Å². The number of carbonyl (C=O) groups excluding carboxylic acids is 1. The Kier molecular flexibility index (Phi) is 5.46. The first kappa shape index (κ1) is 15.0. The molecular formula is C15H19Br2NO. The van der Waals surface area contributed by atoms with Gasteiger partial charge in [0.1, 0.15) is 0 Å². The van der Waals surface area contributed by atoms with Crippen LogP contribution in [0, 0.1) is 6.92 Å². The average molecular weight is 389 g/mol. The van der Waals surface area contributed by atoms with Crippen molar-refractivity contribution in [2.45, 2.75) is 38.6 Å². The third-order valence-electron chi connectivity index (χ3n) is 3.73. The number of carbonyl (C=O) groups is 1. The van der Waals surface area contributed by atoms with Gasteiger partial charge in [0.15, 0.2) is 0 Å². The van der Waals surface area contributed by atoms with Crippen LogP contribution in [0.3, 0.4) is 0 Å². The molecule has 1 saturated heterocycles. The molecule has 0 bridgehead atoms. The summed E-state index contributed by atoms with van der Waals surface area (Å²) in [5, 5.41) is 0.867. The summed E-state index contributed by atoms with van der Waals surface area (Å²) in [5.74, 6) is 0.159. The van der Waals surface area contributed by atoms with E-state index in [-0.39, 0.29) is 5.91 Å². The number of rotatable bonds is 2. The molecule has 1 amide bonds. The number of aryl methyl sites for hydroxylation is 1. The van der Waals surface area contributed by atoms with E-state index in [0.29, 0.717) is 6.04 Å². The van der Waals surface area contributed by atoms with Crippen LogP contribution in [0.5, 0.6) is 0 Å². The smallest absolute Gasteiger partial charge is 0.254 e. The van der Waals surface area contributed by atoms with Crippen LogP contribution in [0.4, 0.5) is 0 Å². The van der Waals surface area contributed by atoms with Gasteiger partial charge in [0, 0.05) is 28.0 Å². The molecule has 2 nitrogen and oxygen atoms in total. The molecule has 1 unspecified atom stereocenters. The summed E-state index contributed by atoms with van der Waals surface area (Å²) in [7, 11) is 0. The second-order valence-electron chi connectivity index (χ2n) is 5.12. The van der Waals surface area contributed by atoms with E-state index in [4.69, 9.17) is 0 Å². The van der Waals surface area contributed by atoms with Gasteiger partial charge in [-0.3, -0.25) is 4.79 Å². The Bertz CT molecular complexity index is 461. The molecule has 0 aliphatic carbocycles. The molecule has 1 heterocycles. The van der Waals surface area contributed by atoms with Crippen molar-refractivity contribution in [2.24, 2.45) is 0 Å². The van der Waals surface area contributed by atoms with Gasteiger partial charge in [0.25, 0.3) is 5.91 Å². The lowest BCUT2D eigenvalue weighted by Crippen LogP contribution is -2.41. The first-order chi connectivity index (χ1) is 9.13. The summed E-state index contributed by atoms with van der Waals surface area (Å²) < 4.78 is 1.00. The minimum absolute atomic E-state index is 0.159. The van der Waals surface area contributed by atoms with Gasteiger partial charge in [-0.25, -0.2) is 0 Å². The fourth-order valence-corrected chi connectivity index (χ4v) is 3.55. The summed E-state index contributed by atoms with van der Waals surface area (Å²) in [6.07, 6.45) is 4.66. The Morgan fingerprint density at radius 3 is 2.84 bits per heavy atom. The summed E-state index contributed by atoms with van der Waals surface area (Å²) >= 11 is 7.06. The third-order valence-corrected chi connectivity index (χ3v) is 5.34. The zero-order valence-electron chi connectivity index (χ0n) is 11.2. The van der Waals surface area contributed by atoms with E-state index in [9.17, 15) is 4.79 Å². The molecular weight excluding hydrogens is 370 g/mol. The number of alkyl halides is 1. The first-order valence-corrected chi connectivity index (χ1v) is 8.68. The van der Waals surface area contributed by atoms with Crippen LogP contribution in [-0.2, 0) is 0 Å². The van der Waals surface area contributed by atoms with Crippen LogP contribution >= 0.6 is 31.9 Å². The van der Waals surface area contributed by atoms with Crippen LogP contribution in [0.25, 0.3) is 0 Å². The topological polar surface area (TPSA) is 20.3 Å². The lowest BCUT2D eigenvalue weighted by Gasteiger charge is -2.29. The third kappa shape index (κ3) is 3.60. The normalized spacial score (nSPS) is 20.2. The van der Waals surface area contributed by atoms with Crippen molar-refractivity contribution in [1.82, 2.24) is 4.90 Å². The predicted molar refractivity (Wildman–Crippen MR) is 86.0 cm³/mol. The summed E-state index contributed by atoms with van der Waals surface area (Å²) in [6, 6.07) is 6.19. The minimum Gasteiger partial charge on any atom is -0.335 e. The molecule has 1 atom stereocenters. The highest BCUT2D eigenvalue weighted by atomic mass is 79.9. The number of amides is 1. The second kappa shape index (κ2) is 6.89. The number of nitrogens with zero attached hydrogens (tertiary/aromatic N) is 1. The highest BCUT2D eigenvalue weighted by Gasteiger charge is 2.25. The van der Waals surface area contributed by atoms with Gasteiger partial charge in [-0.1, -0.05) is 50.8 Å². The summed E-state index contributed by atoms with van der Waals surface area (Å²) in [6.45, 7) is 2.91. The van der Waals surface area contributed by atoms with E-state index in [1.807, 2.05) is 30.0 Å². The average Bonchev–Trinajstić information content (AvgIpc) is 2.66. The van der Waals surface area contributed by atoms with Crippen molar-refractivity contribution in [1.29, 1.82) is 0 Å². The van der Waals surface area contributed by atoms with E-state index in [0.717, 1.165) is 40.3 Å². The highest BCUT2D eigenvalue weighted by molar-refractivity contribution is 9.10. The molecule has 2 rings (SSSR count). The largest absolute Gasteiger partial charge is 0.335 e. The van der Waals surface area contributed by atoms with Crippen LogP contribution in [0.1, 0.15) is 41.6 Å². The van der Waals surface area contributed by atoms with Crippen molar-refractivity contribution in [3.63, 3.8) is 0 Å². The molecule has 4 heteroatoms. The zero-order chi connectivity index (χ0) is 13.8. The van der Waals surface area contributed by atoms with Gasteiger partial charge in [0.2, 0.25) is 0 Å². The van der Waals surface area contributed by atoms with Crippen molar-refractivity contribution in [3.8, 4) is 0 Å². The van der Waals surface area contributed by atoms with Crippen molar-refractivity contribution in [2.75, 3.05) is 11.9 Å². The van der Waals surface area contributed by atoms with E-state index in [1.165, 1.54) is 12.8 Å². The Morgan fingerprint density at radius 2 is 2.16 bits per heavy atom. The van der Waals surface area contributed by atoms with E-state index < -0.39 is 0 Å². The molecule has 19 heavy (non-hydrogen) atoms. The quantitative estimate of drug-likeness (QED) is 0.681. The molecule has 104 valence electrons. The van der Waals surface area contributed by atoms with Crippen LogP contribution in [-0.4, -0.2) is 28.7 Å². The van der Waals surface area contributed by atoms with Gasteiger partial charge in [0.05, 0.1) is 0 Å². The fraction of sp³-hybridized carbons (Fsp3) is 0.533. The molecule has 1 aromatic rings. The second-order valence-corrected chi connectivity index (χ2v) is 6.62. The maximum absolute atomic E-state index is 12.7. The van der Waals surface area contributed by atoms with E-state index >= 15 is 0 Å². The molecule has 0 N–H and O–H groups in total. The van der Waals surface area contributed by atoms with Crippen molar-refractivity contribution >= 4 is 37.8 Å². The summed E-state index contributed by atoms with van der Waals surface area (Å²) in [4.78, 5) is 14.7. The predicted octanol–water partition coefficient (Wildman–Crippen LogP) is 4.54. The Labute approximate surface area is 131 Å².